The van der Waals surface area contributed by atoms with E-state index >= 15 is 0 Å². The van der Waals surface area contributed by atoms with Crippen molar-refractivity contribution in [3.63, 3.8) is 0 Å². The van der Waals surface area contributed by atoms with E-state index in [0.29, 0.717) is 5.69 Å². The topological polar surface area (TPSA) is 64.4 Å². The molecular formula is C14H12N2O2. The van der Waals surface area contributed by atoms with Crippen molar-refractivity contribution in [3.05, 3.63) is 53.6 Å². The zero-order chi connectivity index (χ0) is 12.5. The van der Waals surface area contributed by atoms with Crippen LogP contribution in [0.15, 0.2) is 42.5 Å². The van der Waals surface area contributed by atoms with E-state index in [-0.39, 0.29) is 0 Å². The summed E-state index contributed by atoms with van der Waals surface area (Å²) in [5.74, 6) is 1.63. The minimum atomic E-state index is -0.567. The Bertz CT molecular complexity index is 623. The van der Waals surface area contributed by atoms with E-state index < -0.39 is 6.03 Å². The lowest BCUT2D eigenvalue weighted by atomic mass is 9.99. The summed E-state index contributed by atoms with van der Waals surface area (Å²) in [7, 11) is 0. The maximum atomic E-state index is 11.0. The first-order valence-electron chi connectivity index (χ1n) is 5.68. The largest absolute Gasteiger partial charge is 0.457 e. The number of ether oxygens (including phenoxy) is 1. The van der Waals surface area contributed by atoms with Gasteiger partial charge in [0.05, 0.1) is 0 Å². The number of para-hydroxylation sites is 1. The number of amides is 2. The van der Waals surface area contributed by atoms with Gasteiger partial charge in [-0.2, -0.15) is 0 Å². The maximum absolute atomic E-state index is 11.0. The van der Waals surface area contributed by atoms with Crippen LogP contribution in [0.3, 0.4) is 0 Å². The van der Waals surface area contributed by atoms with Crippen LogP contribution in [0.25, 0.3) is 0 Å². The molecule has 0 aliphatic carbocycles. The van der Waals surface area contributed by atoms with Crippen molar-refractivity contribution in [1.29, 1.82) is 0 Å². The van der Waals surface area contributed by atoms with Crippen molar-refractivity contribution in [2.24, 2.45) is 5.73 Å². The van der Waals surface area contributed by atoms with Gasteiger partial charge >= 0.3 is 6.03 Å². The summed E-state index contributed by atoms with van der Waals surface area (Å²) in [4.78, 5) is 11.0. The van der Waals surface area contributed by atoms with Gasteiger partial charge in [-0.15, -0.1) is 0 Å². The first-order valence-corrected chi connectivity index (χ1v) is 5.68. The highest BCUT2D eigenvalue weighted by Crippen LogP contribution is 2.39. The molecule has 0 aromatic heterocycles. The molecule has 4 nitrogen and oxygen atoms in total. The number of anilines is 1. The fraction of sp³-hybridized carbons (Fsp3) is 0.0714. The zero-order valence-corrected chi connectivity index (χ0v) is 9.64. The molecule has 3 N–H and O–H groups in total. The maximum Gasteiger partial charge on any atom is 0.316 e. The predicted octanol–water partition coefficient (Wildman–Crippen LogP) is 2.87. The first kappa shape index (κ1) is 10.7. The van der Waals surface area contributed by atoms with Crippen LogP contribution in [0.5, 0.6) is 11.5 Å². The van der Waals surface area contributed by atoms with Gasteiger partial charge in [-0.1, -0.05) is 24.3 Å². The van der Waals surface area contributed by atoms with Crippen molar-refractivity contribution in [1.82, 2.24) is 0 Å². The van der Waals surface area contributed by atoms with Crippen molar-refractivity contribution in [3.8, 4) is 11.5 Å². The average molecular weight is 240 g/mol. The normalized spacial score (nSPS) is 12.0. The fourth-order valence-electron chi connectivity index (χ4n) is 2.15. The van der Waals surface area contributed by atoms with Gasteiger partial charge in [-0.3, -0.25) is 0 Å². The molecule has 1 aliphatic heterocycles. The number of carbonyl (C=O) groups is 1. The SMILES string of the molecule is NC(=O)Nc1cccc2c1Cc1ccccc1O2. The van der Waals surface area contributed by atoms with Crippen LogP contribution < -0.4 is 15.8 Å². The lowest BCUT2D eigenvalue weighted by molar-refractivity contribution is 0.259. The van der Waals surface area contributed by atoms with Gasteiger partial charge in [-0.25, -0.2) is 4.79 Å². The molecule has 2 amide bonds. The Morgan fingerprint density at radius 1 is 1.11 bits per heavy atom. The molecule has 1 heterocycles. The molecule has 2 aromatic carbocycles. The number of fused-ring (bicyclic) bond motifs is 2. The molecule has 0 saturated heterocycles. The third kappa shape index (κ3) is 1.78. The highest BCUT2D eigenvalue weighted by atomic mass is 16.5. The molecule has 0 atom stereocenters. The summed E-state index contributed by atoms with van der Waals surface area (Å²) in [5, 5.41) is 2.62. The van der Waals surface area contributed by atoms with Crippen LogP contribution in [-0.2, 0) is 6.42 Å². The number of nitrogens with two attached hydrogens (primary N) is 1. The monoisotopic (exact) mass is 240 g/mol. The molecule has 0 bridgehead atoms. The van der Waals surface area contributed by atoms with Gasteiger partial charge in [0.15, 0.2) is 0 Å². The second-order valence-electron chi connectivity index (χ2n) is 4.16. The van der Waals surface area contributed by atoms with E-state index in [2.05, 4.69) is 5.32 Å². The third-order valence-corrected chi connectivity index (χ3v) is 2.95. The molecule has 4 heteroatoms. The third-order valence-electron chi connectivity index (χ3n) is 2.95. The molecule has 0 spiro atoms. The Hall–Kier alpha value is -2.49. The van der Waals surface area contributed by atoms with E-state index in [0.717, 1.165) is 29.0 Å². The van der Waals surface area contributed by atoms with Gasteiger partial charge < -0.3 is 15.8 Å². The summed E-state index contributed by atoms with van der Waals surface area (Å²) in [6.07, 6.45) is 0.724. The summed E-state index contributed by atoms with van der Waals surface area (Å²) in [6.45, 7) is 0. The highest BCUT2D eigenvalue weighted by molar-refractivity contribution is 5.89. The van der Waals surface area contributed by atoms with Gasteiger partial charge in [0.25, 0.3) is 0 Å². The van der Waals surface area contributed by atoms with Crippen molar-refractivity contribution < 1.29 is 9.53 Å². The van der Waals surface area contributed by atoms with Gasteiger partial charge in [0, 0.05) is 17.7 Å². The van der Waals surface area contributed by atoms with Crippen LogP contribution in [0.1, 0.15) is 11.1 Å². The summed E-state index contributed by atoms with van der Waals surface area (Å²) in [5.41, 5.74) is 7.92. The number of rotatable bonds is 1. The number of nitrogens with one attached hydrogen (secondary N) is 1. The minimum Gasteiger partial charge on any atom is -0.457 e. The number of primary amides is 1. The quantitative estimate of drug-likeness (QED) is 0.687. The smallest absolute Gasteiger partial charge is 0.316 e. The second-order valence-corrected chi connectivity index (χ2v) is 4.16. The summed E-state index contributed by atoms with van der Waals surface area (Å²) < 4.78 is 5.81. The molecule has 0 unspecified atom stereocenters. The fourth-order valence-corrected chi connectivity index (χ4v) is 2.15. The average Bonchev–Trinajstić information content (AvgIpc) is 2.36. The predicted molar refractivity (Wildman–Crippen MR) is 69.0 cm³/mol. The molecule has 3 rings (SSSR count). The Balaban J connectivity index is 2.04. The van der Waals surface area contributed by atoms with Crippen LogP contribution >= 0.6 is 0 Å². The lowest BCUT2D eigenvalue weighted by Crippen LogP contribution is -2.20. The van der Waals surface area contributed by atoms with Gasteiger partial charge in [0.2, 0.25) is 0 Å². The van der Waals surface area contributed by atoms with Crippen LogP contribution in [0, 0.1) is 0 Å². The van der Waals surface area contributed by atoms with Crippen LogP contribution in [0.4, 0.5) is 10.5 Å². The van der Waals surface area contributed by atoms with E-state index in [1.54, 1.807) is 0 Å². The van der Waals surface area contributed by atoms with Crippen LogP contribution in [-0.4, -0.2) is 6.03 Å². The Kier molecular flexibility index (Phi) is 2.41. The molecule has 1 aliphatic rings. The molecule has 0 radical (unpaired) electrons. The standard InChI is InChI=1S/C14H12N2O2/c15-14(17)16-11-5-3-7-13-10(11)8-9-4-1-2-6-12(9)18-13/h1-7H,8H2,(H3,15,16,17). The van der Waals surface area contributed by atoms with Crippen molar-refractivity contribution >= 4 is 11.7 Å². The molecule has 2 aromatic rings. The van der Waals surface area contributed by atoms with E-state index in [4.69, 9.17) is 10.5 Å². The highest BCUT2D eigenvalue weighted by Gasteiger charge is 2.19. The number of carbonyl (C=O) groups excluding carboxylic acids is 1. The number of urea groups is 1. The Morgan fingerprint density at radius 3 is 2.72 bits per heavy atom. The molecule has 18 heavy (non-hydrogen) atoms. The van der Waals surface area contributed by atoms with Crippen molar-refractivity contribution in [2.75, 3.05) is 5.32 Å². The molecule has 0 saturated carbocycles. The first-order chi connectivity index (χ1) is 8.74. The van der Waals surface area contributed by atoms with Gasteiger partial charge in [-0.05, 0) is 23.8 Å². The Labute approximate surface area is 104 Å². The molecule has 90 valence electrons. The number of benzene rings is 2. The second kappa shape index (κ2) is 4.07. The number of hydrogen-bond donors (Lipinski definition) is 2. The lowest BCUT2D eigenvalue weighted by Gasteiger charge is -2.22. The molecule has 0 fully saturated rings. The number of hydrogen-bond acceptors (Lipinski definition) is 2. The van der Waals surface area contributed by atoms with E-state index in [9.17, 15) is 4.79 Å². The van der Waals surface area contributed by atoms with E-state index in [1.807, 2.05) is 42.5 Å². The minimum absolute atomic E-state index is 0.567. The Morgan fingerprint density at radius 2 is 1.89 bits per heavy atom. The zero-order valence-electron chi connectivity index (χ0n) is 9.64. The van der Waals surface area contributed by atoms with Gasteiger partial charge in [0.1, 0.15) is 11.5 Å². The molecular weight excluding hydrogens is 228 g/mol. The van der Waals surface area contributed by atoms with Crippen LogP contribution in [0.2, 0.25) is 0 Å². The summed E-state index contributed by atoms with van der Waals surface area (Å²) >= 11 is 0. The van der Waals surface area contributed by atoms with Crippen molar-refractivity contribution in [2.45, 2.75) is 6.42 Å². The summed E-state index contributed by atoms with van der Waals surface area (Å²) in [6, 6.07) is 12.8. The van der Waals surface area contributed by atoms with E-state index in [1.165, 1.54) is 0 Å².